The summed E-state index contributed by atoms with van der Waals surface area (Å²) in [5.74, 6) is 3.24. The van der Waals surface area contributed by atoms with Crippen LogP contribution in [0.2, 0.25) is 0 Å². The van der Waals surface area contributed by atoms with Crippen molar-refractivity contribution in [3.8, 4) is 0 Å². The van der Waals surface area contributed by atoms with Crippen molar-refractivity contribution in [2.45, 2.75) is 151 Å². The fourth-order valence-corrected chi connectivity index (χ4v) is 12.8. The number of nitrogens with zero attached hydrogens (tertiary/aromatic N) is 8. The number of imidazole rings is 2. The number of aromatic nitrogens is 8. The van der Waals surface area contributed by atoms with E-state index in [-0.39, 0.29) is 45.6 Å². The highest BCUT2D eigenvalue weighted by Crippen LogP contribution is 2.54. The number of rotatable bonds is 10. The monoisotopic (exact) mass is 893 g/mol. The first kappa shape index (κ1) is 42.7. The molecule has 4 aromatic heterocycles. The van der Waals surface area contributed by atoms with Gasteiger partial charge in [0.05, 0.1) is 35.4 Å². The lowest BCUT2D eigenvalue weighted by Gasteiger charge is -2.54. The molecule has 0 saturated heterocycles. The van der Waals surface area contributed by atoms with E-state index in [4.69, 9.17) is 19.9 Å². The van der Waals surface area contributed by atoms with Crippen LogP contribution in [-0.4, -0.2) is 64.2 Å². The number of benzene rings is 2. The fourth-order valence-electron chi connectivity index (χ4n) is 12.8. The number of halogens is 2. The van der Waals surface area contributed by atoms with E-state index in [1.807, 2.05) is 51.0 Å². The van der Waals surface area contributed by atoms with Gasteiger partial charge >= 0.3 is 0 Å². The second kappa shape index (κ2) is 16.4. The fraction of sp³-hybridized carbons (Fsp3) is 0.500. The Hall–Kier alpha value is -5.92. The summed E-state index contributed by atoms with van der Waals surface area (Å²) < 4.78 is 31.7. The molecule has 6 aromatic rings. The standard InChI is InChI=1S/2C26H31FN6/c2*1-17-15-33(16-29-17)26-12-9-25(10-13-26,11-14-26)32-24-30-22-20(18-3-5-19(27)6-4-18)7-8-21(22)23(28-2)31-24/h2*3-6,15-16,20H,7-14H2,1-2H3,(H2,28,30,31,32)/t2*20-,25?,26?/m10/s1. The maximum atomic E-state index is 13.5. The average Bonchev–Trinajstić information content (AvgIpc) is 4.18. The number of fused-ring (bicyclic) bond motifs is 8. The van der Waals surface area contributed by atoms with Crippen molar-refractivity contribution in [3.05, 3.63) is 130 Å². The third-order valence-corrected chi connectivity index (χ3v) is 16.8. The van der Waals surface area contributed by atoms with Gasteiger partial charge in [-0.2, -0.15) is 9.97 Å². The van der Waals surface area contributed by atoms with Crippen LogP contribution in [0, 0.1) is 25.5 Å². The summed E-state index contributed by atoms with van der Waals surface area (Å²) >= 11 is 0. The molecule has 8 aliphatic carbocycles. The molecule has 6 fully saturated rings. The van der Waals surface area contributed by atoms with Crippen LogP contribution in [0.1, 0.15) is 147 Å². The van der Waals surface area contributed by atoms with Crippen LogP contribution in [0.5, 0.6) is 0 Å². The summed E-state index contributed by atoms with van der Waals surface area (Å²) in [5, 5.41) is 14.2. The molecule has 344 valence electrons. The molecule has 4 heterocycles. The summed E-state index contributed by atoms with van der Waals surface area (Å²) in [7, 11) is 3.86. The second-order valence-corrected chi connectivity index (χ2v) is 20.4. The number of hydrogen-bond acceptors (Lipinski definition) is 10. The largest absolute Gasteiger partial charge is 0.373 e. The Morgan fingerprint density at radius 1 is 0.515 bits per heavy atom. The number of hydrogen-bond donors (Lipinski definition) is 4. The second-order valence-electron chi connectivity index (χ2n) is 20.4. The minimum atomic E-state index is -0.200. The smallest absolute Gasteiger partial charge is 0.225 e. The third kappa shape index (κ3) is 7.57. The molecule has 14 heteroatoms. The third-order valence-electron chi connectivity index (χ3n) is 16.8. The van der Waals surface area contributed by atoms with Gasteiger partial charge in [-0.25, -0.2) is 28.7 Å². The molecule has 0 amide bonds. The Balaban J connectivity index is 0.000000146. The molecule has 4 N–H and O–H groups in total. The quantitative estimate of drug-likeness (QED) is 0.105. The van der Waals surface area contributed by atoms with Crippen LogP contribution in [0.25, 0.3) is 0 Å². The Morgan fingerprint density at radius 3 is 1.20 bits per heavy atom. The van der Waals surface area contributed by atoms with Crippen molar-refractivity contribution in [1.29, 1.82) is 0 Å². The zero-order valence-corrected chi connectivity index (χ0v) is 38.7. The van der Waals surface area contributed by atoms with Crippen molar-refractivity contribution in [3.63, 3.8) is 0 Å². The first-order valence-corrected chi connectivity index (χ1v) is 24.3. The molecule has 0 aliphatic heterocycles. The number of aryl methyl sites for hydroxylation is 2. The normalized spacial score (nSPS) is 28.0. The highest BCUT2D eigenvalue weighted by Gasteiger charge is 2.51. The molecule has 12 nitrogen and oxygen atoms in total. The van der Waals surface area contributed by atoms with Gasteiger partial charge in [0.15, 0.2) is 0 Å². The first-order valence-electron chi connectivity index (χ1n) is 24.3. The van der Waals surface area contributed by atoms with E-state index in [1.54, 1.807) is 24.3 Å². The van der Waals surface area contributed by atoms with E-state index >= 15 is 0 Å². The molecule has 14 rings (SSSR count). The SMILES string of the molecule is CNc1nc(NC23CCC(n4cnc(C)c4)(CC2)CC3)nc2c1CC[C@@H]2c1ccc(F)cc1.CNc1nc(NC23CCC(n4cnc(C)c4)(CC2)CC3)nc2c1CC[C@H]2c1ccc(F)cc1. The minimum Gasteiger partial charge on any atom is -0.373 e. The highest BCUT2D eigenvalue weighted by molar-refractivity contribution is 5.57. The lowest BCUT2D eigenvalue weighted by Crippen LogP contribution is -2.54. The number of nitrogens with one attached hydrogen (secondary N) is 4. The molecular weight excluding hydrogens is 831 g/mol. The molecule has 0 spiro atoms. The molecule has 66 heavy (non-hydrogen) atoms. The molecule has 0 radical (unpaired) electrons. The van der Waals surface area contributed by atoms with Crippen LogP contribution >= 0.6 is 0 Å². The minimum absolute atomic E-state index is 0.0562. The lowest BCUT2D eigenvalue weighted by atomic mass is 9.61. The van der Waals surface area contributed by atoms with Gasteiger partial charge in [-0.05, 0) is 152 Å². The van der Waals surface area contributed by atoms with Crippen LogP contribution in [0.3, 0.4) is 0 Å². The highest BCUT2D eigenvalue weighted by atomic mass is 19.1. The van der Waals surface area contributed by atoms with Crippen molar-refractivity contribution in [2.24, 2.45) is 0 Å². The van der Waals surface area contributed by atoms with Crippen molar-refractivity contribution >= 4 is 23.5 Å². The van der Waals surface area contributed by atoms with Crippen LogP contribution in [0.15, 0.2) is 73.6 Å². The first-order chi connectivity index (χ1) is 32.0. The van der Waals surface area contributed by atoms with Gasteiger partial charge in [-0.1, -0.05) is 24.3 Å². The van der Waals surface area contributed by atoms with Gasteiger partial charge in [-0.15, -0.1) is 0 Å². The van der Waals surface area contributed by atoms with Crippen LogP contribution in [-0.2, 0) is 23.9 Å². The average molecular weight is 893 g/mol. The van der Waals surface area contributed by atoms with E-state index in [2.05, 4.69) is 66.6 Å². The molecular formula is C52H62F2N12. The van der Waals surface area contributed by atoms with Gasteiger partial charge in [-0.3, -0.25) is 0 Å². The summed E-state index contributed by atoms with van der Waals surface area (Å²) in [6, 6.07) is 13.7. The molecule has 6 saturated carbocycles. The zero-order chi connectivity index (χ0) is 45.3. The van der Waals surface area contributed by atoms with Crippen LogP contribution < -0.4 is 21.3 Å². The summed E-state index contributed by atoms with van der Waals surface area (Å²) in [5.41, 5.74) is 9.50. The van der Waals surface area contributed by atoms with E-state index < -0.39 is 0 Å². The van der Waals surface area contributed by atoms with E-state index in [0.717, 1.165) is 160 Å². The molecule has 0 unspecified atom stereocenters. The molecule has 8 aliphatic rings. The Kier molecular flexibility index (Phi) is 10.6. The maximum absolute atomic E-state index is 13.5. The maximum Gasteiger partial charge on any atom is 0.225 e. The van der Waals surface area contributed by atoms with Crippen molar-refractivity contribution in [1.82, 2.24) is 39.0 Å². The predicted octanol–water partition coefficient (Wildman–Crippen LogP) is 10.3. The summed E-state index contributed by atoms with van der Waals surface area (Å²) in [4.78, 5) is 28.8. The van der Waals surface area contributed by atoms with Gasteiger partial charge < -0.3 is 30.4 Å². The van der Waals surface area contributed by atoms with Crippen molar-refractivity contribution in [2.75, 3.05) is 35.4 Å². The van der Waals surface area contributed by atoms with E-state index in [1.165, 1.54) is 11.1 Å². The Morgan fingerprint density at radius 2 is 0.879 bits per heavy atom. The zero-order valence-electron chi connectivity index (χ0n) is 38.7. The van der Waals surface area contributed by atoms with E-state index in [9.17, 15) is 8.78 Å². The van der Waals surface area contributed by atoms with Gasteiger partial charge in [0.2, 0.25) is 11.9 Å². The molecule has 2 atom stereocenters. The summed E-state index contributed by atoms with van der Waals surface area (Å²) in [6.45, 7) is 4.13. The predicted molar refractivity (Wildman–Crippen MR) is 254 cm³/mol. The number of anilines is 4. The van der Waals surface area contributed by atoms with Gasteiger partial charge in [0.25, 0.3) is 0 Å². The lowest BCUT2D eigenvalue weighted by molar-refractivity contribution is 0.0638. The molecule has 4 bridgehead atoms. The van der Waals surface area contributed by atoms with Crippen LogP contribution in [0.4, 0.5) is 32.3 Å². The Labute approximate surface area is 386 Å². The topological polar surface area (TPSA) is 135 Å². The summed E-state index contributed by atoms with van der Waals surface area (Å²) in [6.07, 6.45) is 25.8. The Bertz CT molecular complexity index is 2510. The van der Waals surface area contributed by atoms with Gasteiger partial charge in [0, 0.05) is 71.6 Å². The van der Waals surface area contributed by atoms with Gasteiger partial charge in [0.1, 0.15) is 23.3 Å². The van der Waals surface area contributed by atoms with Crippen molar-refractivity contribution < 1.29 is 8.78 Å². The van der Waals surface area contributed by atoms with E-state index in [0.29, 0.717) is 0 Å². The molecule has 2 aromatic carbocycles.